The van der Waals surface area contributed by atoms with Crippen LogP contribution in [0.5, 0.6) is 0 Å². The number of ether oxygens (including phenoxy) is 5. The summed E-state index contributed by atoms with van der Waals surface area (Å²) < 4.78 is 30.2. The minimum Gasteiger partial charge on any atom is -0.452 e. The van der Waals surface area contributed by atoms with Crippen molar-refractivity contribution < 1.29 is 48.2 Å². The number of nitro groups is 2. The summed E-state index contributed by atoms with van der Waals surface area (Å²) in [5, 5.41) is 34.3. The lowest BCUT2D eigenvalue weighted by atomic mass is 9.80. The van der Waals surface area contributed by atoms with Gasteiger partial charge in [0.2, 0.25) is 0 Å². The molecule has 14 heteroatoms. The average Bonchev–Trinajstić information content (AvgIpc) is 3.21. The third kappa shape index (κ3) is 7.86. The number of esters is 2. The Labute approximate surface area is 308 Å². The SMILES string of the molecule is CO[C@H]1O[C@H](COC(c2ccccc2)(c2ccccc2)c2ccccc2)[C@@H](O)[C@H](OC(=O)c2ccc([N+](=O)[O-])cc2)[C@H]1OC(=O)c1ccc([N+](=O)[O-])cc1. The van der Waals surface area contributed by atoms with E-state index in [1.165, 1.54) is 31.4 Å². The number of aliphatic hydroxyl groups is 1. The molecule has 0 amide bonds. The molecule has 0 radical (unpaired) electrons. The van der Waals surface area contributed by atoms with E-state index in [9.17, 15) is 34.9 Å². The molecule has 1 heterocycles. The van der Waals surface area contributed by atoms with Crippen molar-refractivity contribution in [1.82, 2.24) is 0 Å². The molecule has 1 fully saturated rings. The van der Waals surface area contributed by atoms with Crippen molar-refractivity contribution in [3.63, 3.8) is 0 Å². The molecule has 1 aliphatic heterocycles. The molecule has 1 saturated heterocycles. The molecule has 14 nitrogen and oxygen atoms in total. The van der Waals surface area contributed by atoms with Crippen LogP contribution in [0.1, 0.15) is 37.4 Å². The standard InChI is InChI=1S/C40H34N2O12/c1-50-39-36(54-38(45)27-19-23-32(24-20-27)42(48)49)35(53-37(44)26-17-21-31(22-18-26)41(46)47)34(43)33(52-39)25-51-40(28-11-5-2-6-12-28,29-13-7-3-8-14-29)30-15-9-4-10-16-30/h2-24,33-36,39,43H,25H2,1H3/t33-,34-,35+,36-,39+/m1/s1. The molecule has 5 atom stereocenters. The zero-order valence-corrected chi connectivity index (χ0v) is 28.7. The van der Waals surface area contributed by atoms with Crippen molar-refractivity contribution >= 4 is 23.3 Å². The highest BCUT2D eigenvalue weighted by Gasteiger charge is 2.51. The fourth-order valence-corrected chi connectivity index (χ4v) is 6.28. The Morgan fingerprint density at radius 1 is 0.648 bits per heavy atom. The Kier molecular flexibility index (Phi) is 11.5. The number of nitrogens with zero attached hydrogens (tertiary/aromatic N) is 2. The lowest BCUT2D eigenvalue weighted by molar-refractivity contribution is -0.385. The predicted octanol–water partition coefficient (Wildman–Crippen LogP) is 5.99. The predicted molar refractivity (Wildman–Crippen MR) is 191 cm³/mol. The molecule has 1 N–H and O–H groups in total. The highest BCUT2D eigenvalue weighted by Crippen LogP contribution is 2.41. The molecule has 1 aliphatic rings. The average molecular weight is 735 g/mol. The number of aliphatic hydroxyl groups excluding tert-OH is 1. The molecule has 5 aromatic rings. The summed E-state index contributed by atoms with van der Waals surface area (Å²) >= 11 is 0. The van der Waals surface area contributed by atoms with E-state index in [-0.39, 0.29) is 29.1 Å². The van der Waals surface area contributed by atoms with E-state index in [0.717, 1.165) is 41.0 Å². The number of hydrogen-bond donors (Lipinski definition) is 1. The van der Waals surface area contributed by atoms with Gasteiger partial charge in [-0.05, 0) is 41.0 Å². The second-order valence-electron chi connectivity index (χ2n) is 12.2. The van der Waals surface area contributed by atoms with E-state index in [1.54, 1.807) is 0 Å². The maximum absolute atomic E-state index is 13.5. The van der Waals surface area contributed by atoms with Gasteiger partial charge in [-0.3, -0.25) is 20.2 Å². The Bertz CT molecular complexity index is 1970. The molecule has 0 aromatic heterocycles. The van der Waals surface area contributed by atoms with Crippen molar-refractivity contribution in [1.29, 1.82) is 0 Å². The maximum atomic E-state index is 13.5. The number of methoxy groups -OCH3 is 1. The first-order valence-electron chi connectivity index (χ1n) is 16.7. The van der Waals surface area contributed by atoms with Crippen molar-refractivity contribution in [3.8, 4) is 0 Å². The van der Waals surface area contributed by atoms with E-state index in [1.807, 2.05) is 91.0 Å². The van der Waals surface area contributed by atoms with Crippen molar-refractivity contribution in [2.24, 2.45) is 0 Å². The Balaban J connectivity index is 1.35. The number of nitro benzene ring substituents is 2. The van der Waals surface area contributed by atoms with Gasteiger partial charge in [0, 0.05) is 31.4 Å². The van der Waals surface area contributed by atoms with Crippen LogP contribution in [0.3, 0.4) is 0 Å². The summed E-state index contributed by atoms with van der Waals surface area (Å²) in [7, 11) is 1.27. The summed E-state index contributed by atoms with van der Waals surface area (Å²) in [6.45, 7) is -0.297. The number of non-ortho nitro benzene ring substituents is 2. The minimum atomic E-state index is -1.69. The van der Waals surface area contributed by atoms with Gasteiger partial charge in [-0.25, -0.2) is 9.59 Å². The van der Waals surface area contributed by atoms with Gasteiger partial charge in [0.05, 0.1) is 27.6 Å². The smallest absolute Gasteiger partial charge is 0.338 e. The quantitative estimate of drug-likeness (QED) is 0.0645. The normalized spacial score (nSPS) is 19.7. The van der Waals surface area contributed by atoms with E-state index < -0.39 is 58.1 Å². The fraction of sp³-hybridized carbons (Fsp3) is 0.200. The summed E-state index contributed by atoms with van der Waals surface area (Å²) in [5.41, 5.74) is 0.411. The molecule has 0 unspecified atom stereocenters. The third-order valence-electron chi connectivity index (χ3n) is 8.97. The Morgan fingerprint density at radius 3 is 1.41 bits per heavy atom. The Hall–Kier alpha value is -6.32. The molecule has 54 heavy (non-hydrogen) atoms. The van der Waals surface area contributed by atoms with Gasteiger partial charge in [-0.2, -0.15) is 0 Å². The zero-order valence-electron chi connectivity index (χ0n) is 28.7. The van der Waals surface area contributed by atoms with Gasteiger partial charge in [-0.15, -0.1) is 0 Å². The number of benzene rings is 5. The lowest BCUT2D eigenvalue weighted by Crippen LogP contribution is -2.62. The molecule has 6 rings (SSSR count). The summed E-state index contributed by atoms with van der Waals surface area (Å²) in [6.07, 6.45) is -7.53. The molecule has 0 spiro atoms. The van der Waals surface area contributed by atoms with Gasteiger partial charge >= 0.3 is 11.9 Å². The van der Waals surface area contributed by atoms with E-state index in [4.69, 9.17) is 23.7 Å². The van der Waals surface area contributed by atoms with Crippen LogP contribution in [0, 0.1) is 20.2 Å². The van der Waals surface area contributed by atoms with Gasteiger partial charge < -0.3 is 28.8 Å². The lowest BCUT2D eigenvalue weighted by Gasteiger charge is -2.44. The molecule has 0 bridgehead atoms. The van der Waals surface area contributed by atoms with E-state index in [2.05, 4.69) is 0 Å². The van der Waals surface area contributed by atoms with Crippen molar-refractivity contribution in [2.45, 2.75) is 36.3 Å². The fourth-order valence-electron chi connectivity index (χ4n) is 6.28. The van der Waals surface area contributed by atoms with Crippen LogP contribution in [0.4, 0.5) is 11.4 Å². The van der Waals surface area contributed by atoms with Crippen LogP contribution in [0.15, 0.2) is 140 Å². The zero-order chi connectivity index (χ0) is 38.2. The first-order chi connectivity index (χ1) is 26.1. The van der Waals surface area contributed by atoms with Crippen LogP contribution in [0.2, 0.25) is 0 Å². The topological polar surface area (TPSA) is 187 Å². The molecular formula is C40H34N2O12. The molecule has 5 aromatic carbocycles. The first-order valence-corrected chi connectivity index (χ1v) is 16.7. The number of carbonyl (C=O) groups is 2. The molecule has 276 valence electrons. The summed E-state index contributed by atoms with van der Waals surface area (Å²) in [6, 6.07) is 37.6. The molecule has 0 saturated carbocycles. The third-order valence-corrected chi connectivity index (χ3v) is 8.97. The monoisotopic (exact) mass is 734 g/mol. The minimum absolute atomic E-state index is 0.0748. The number of rotatable bonds is 13. The molecular weight excluding hydrogens is 700 g/mol. The van der Waals surface area contributed by atoms with Crippen LogP contribution in [-0.2, 0) is 29.3 Å². The van der Waals surface area contributed by atoms with Crippen molar-refractivity contribution in [2.75, 3.05) is 13.7 Å². The maximum Gasteiger partial charge on any atom is 0.338 e. The van der Waals surface area contributed by atoms with Crippen LogP contribution in [-0.4, -0.2) is 71.3 Å². The highest BCUT2D eigenvalue weighted by molar-refractivity contribution is 5.90. The number of hydrogen-bond acceptors (Lipinski definition) is 12. The second-order valence-corrected chi connectivity index (χ2v) is 12.2. The highest BCUT2D eigenvalue weighted by atomic mass is 16.7. The van der Waals surface area contributed by atoms with Gasteiger partial charge in [0.15, 0.2) is 18.5 Å². The van der Waals surface area contributed by atoms with E-state index >= 15 is 0 Å². The van der Waals surface area contributed by atoms with Gasteiger partial charge in [0.1, 0.15) is 17.8 Å². The summed E-state index contributed by atoms with van der Waals surface area (Å²) in [5.74, 6) is -1.97. The largest absolute Gasteiger partial charge is 0.452 e. The Morgan fingerprint density at radius 2 is 1.04 bits per heavy atom. The first kappa shape index (κ1) is 37.4. The number of carbonyl (C=O) groups excluding carboxylic acids is 2. The van der Waals surface area contributed by atoms with E-state index in [0.29, 0.717) is 0 Å². The second kappa shape index (κ2) is 16.6. The van der Waals surface area contributed by atoms with Gasteiger partial charge in [0.25, 0.3) is 11.4 Å². The van der Waals surface area contributed by atoms with Crippen LogP contribution in [0.25, 0.3) is 0 Å². The summed E-state index contributed by atoms with van der Waals surface area (Å²) in [4.78, 5) is 48.0. The van der Waals surface area contributed by atoms with Crippen molar-refractivity contribution in [3.05, 3.63) is 188 Å². The molecule has 0 aliphatic carbocycles. The van der Waals surface area contributed by atoms with Crippen LogP contribution >= 0.6 is 0 Å². The van der Waals surface area contributed by atoms with Crippen LogP contribution < -0.4 is 0 Å². The van der Waals surface area contributed by atoms with Gasteiger partial charge in [-0.1, -0.05) is 91.0 Å².